The molecule has 19 heavy (non-hydrogen) atoms. The zero-order valence-corrected chi connectivity index (χ0v) is 13.8. The Labute approximate surface area is 125 Å². The fraction of sp³-hybridized carbons (Fsp3) is 0.636. The molecule has 0 spiro atoms. The molecule has 1 aliphatic rings. The largest absolute Gasteiger partial charge is 0.466 e. The first-order valence-electron chi connectivity index (χ1n) is 5.90. The van der Waals surface area contributed by atoms with Crippen LogP contribution in [-0.4, -0.2) is 49.5 Å². The maximum atomic E-state index is 11.9. The van der Waals surface area contributed by atoms with Crippen molar-refractivity contribution in [3.63, 3.8) is 0 Å². The van der Waals surface area contributed by atoms with Gasteiger partial charge in [0.25, 0.3) is 0 Å². The van der Waals surface area contributed by atoms with Crippen molar-refractivity contribution in [1.82, 2.24) is 4.90 Å². The summed E-state index contributed by atoms with van der Waals surface area (Å²) < 4.78 is 30.2. The van der Waals surface area contributed by atoms with Gasteiger partial charge >= 0.3 is 0 Å². The Balaban J connectivity index is 2.33. The Bertz CT molecular complexity index is 532. The highest BCUT2D eigenvalue weighted by Crippen LogP contribution is 2.33. The molecule has 1 saturated heterocycles. The summed E-state index contributed by atoms with van der Waals surface area (Å²) in [5.41, 5.74) is 5.85. The molecule has 2 atom stereocenters. The first-order valence-corrected chi connectivity index (χ1v) is 9.80. The summed E-state index contributed by atoms with van der Waals surface area (Å²) in [6.07, 6.45) is 2.86. The van der Waals surface area contributed by atoms with Gasteiger partial charge in [-0.3, -0.25) is 4.90 Å². The summed E-state index contributed by atoms with van der Waals surface area (Å²) >= 11 is 5.07. The van der Waals surface area contributed by atoms with Crippen molar-refractivity contribution in [3.05, 3.63) is 22.6 Å². The van der Waals surface area contributed by atoms with Crippen LogP contribution in [-0.2, 0) is 9.84 Å². The number of nitrogens with two attached hydrogens (primary N) is 1. The lowest BCUT2D eigenvalue weighted by Gasteiger charge is -2.38. The smallest absolute Gasteiger partial charge is 0.164 e. The highest BCUT2D eigenvalue weighted by atomic mass is 79.9. The molecule has 2 N–H and O–H groups in total. The minimum atomic E-state index is -3.14. The van der Waals surface area contributed by atoms with Crippen LogP contribution in [0.1, 0.15) is 11.8 Å². The second kappa shape index (κ2) is 6.17. The third kappa shape index (κ3) is 3.36. The topological polar surface area (TPSA) is 76.5 Å². The molecule has 1 aromatic heterocycles. The fourth-order valence-corrected chi connectivity index (χ4v) is 5.64. The van der Waals surface area contributed by atoms with Crippen molar-refractivity contribution in [3.8, 4) is 0 Å². The van der Waals surface area contributed by atoms with Crippen molar-refractivity contribution in [2.45, 2.75) is 11.4 Å². The van der Waals surface area contributed by atoms with Gasteiger partial charge in [-0.05, 0) is 22.0 Å². The molecule has 1 aliphatic heterocycles. The van der Waals surface area contributed by atoms with E-state index in [1.165, 1.54) is 6.26 Å². The monoisotopic (exact) mass is 368 g/mol. The van der Waals surface area contributed by atoms with E-state index in [4.69, 9.17) is 10.2 Å². The van der Waals surface area contributed by atoms with Gasteiger partial charge in [0, 0.05) is 30.9 Å². The second-order valence-corrected chi connectivity index (χ2v) is 8.69. The average molecular weight is 369 g/mol. The highest BCUT2D eigenvalue weighted by Gasteiger charge is 2.37. The van der Waals surface area contributed by atoms with Gasteiger partial charge < -0.3 is 10.2 Å². The Morgan fingerprint density at radius 1 is 1.68 bits per heavy atom. The molecule has 1 aromatic rings. The molecule has 2 rings (SSSR count). The molecule has 0 amide bonds. The van der Waals surface area contributed by atoms with Crippen LogP contribution in [0.25, 0.3) is 0 Å². The molecule has 0 saturated carbocycles. The first-order chi connectivity index (χ1) is 8.95. The van der Waals surface area contributed by atoms with Crippen molar-refractivity contribution < 1.29 is 12.8 Å². The van der Waals surface area contributed by atoms with Gasteiger partial charge in [-0.2, -0.15) is 11.8 Å². The van der Waals surface area contributed by atoms with Crippen molar-refractivity contribution >= 4 is 37.5 Å². The normalized spacial score (nSPS) is 23.4. The third-order valence-electron chi connectivity index (χ3n) is 3.19. The molecule has 0 bridgehead atoms. The predicted octanol–water partition coefficient (Wildman–Crippen LogP) is 1.46. The maximum Gasteiger partial charge on any atom is 0.164 e. The fourth-order valence-electron chi connectivity index (χ4n) is 2.26. The zero-order chi connectivity index (χ0) is 14.0. The Kier molecular flexibility index (Phi) is 4.99. The maximum absolute atomic E-state index is 11.9. The quantitative estimate of drug-likeness (QED) is 0.866. The summed E-state index contributed by atoms with van der Waals surface area (Å²) in [5.74, 6) is 2.18. The number of halogens is 1. The molecule has 2 heterocycles. The van der Waals surface area contributed by atoms with E-state index < -0.39 is 15.2 Å². The van der Waals surface area contributed by atoms with Gasteiger partial charge in [0.2, 0.25) is 0 Å². The third-order valence-corrected chi connectivity index (χ3v) is 6.50. The molecule has 5 nitrogen and oxygen atoms in total. The lowest BCUT2D eigenvalue weighted by Crippen LogP contribution is -2.50. The lowest BCUT2D eigenvalue weighted by atomic mass is 10.2. The molecular weight excluding hydrogens is 352 g/mol. The van der Waals surface area contributed by atoms with E-state index in [-0.39, 0.29) is 6.04 Å². The van der Waals surface area contributed by atoms with Gasteiger partial charge in [0.15, 0.2) is 9.84 Å². The molecule has 108 valence electrons. The second-order valence-electron chi connectivity index (χ2n) is 4.48. The van der Waals surface area contributed by atoms with Crippen LogP contribution in [0.2, 0.25) is 0 Å². The number of hydrogen-bond donors (Lipinski definition) is 1. The van der Waals surface area contributed by atoms with E-state index in [0.717, 1.165) is 10.2 Å². The number of rotatable bonds is 4. The van der Waals surface area contributed by atoms with E-state index in [9.17, 15) is 8.42 Å². The Morgan fingerprint density at radius 3 is 2.95 bits per heavy atom. The number of sulfone groups is 1. The van der Waals surface area contributed by atoms with E-state index >= 15 is 0 Å². The summed E-state index contributed by atoms with van der Waals surface area (Å²) in [7, 11) is -3.14. The highest BCUT2D eigenvalue weighted by molar-refractivity contribution is 9.10. The van der Waals surface area contributed by atoms with Crippen LogP contribution in [0.5, 0.6) is 0 Å². The van der Waals surface area contributed by atoms with Gasteiger partial charge in [-0.25, -0.2) is 8.42 Å². The number of hydrogen-bond acceptors (Lipinski definition) is 6. The minimum absolute atomic E-state index is 0.218. The molecule has 0 aromatic carbocycles. The van der Waals surface area contributed by atoms with Gasteiger partial charge in [0.05, 0.1) is 16.8 Å². The van der Waals surface area contributed by atoms with Crippen molar-refractivity contribution in [1.29, 1.82) is 0 Å². The summed E-state index contributed by atoms with van der Waals surface area (Å²) in [6, 6.07) is 1.58. The van der Waals surface area contributed by atoms with E-state index in [1.54, 1.807) is 24.1 Å². The van der Waals surface area contributed by atoms with Gasteiger partial charge in [0.1, 0.15) is 11.1 Å². The molecule has 0 radical (unpaired) electrons. The zero-order valence-electron chi connectivity index (χ0n) is 10.6. The predicted molar refractivity (Wildman–Crippen MR) is 80.9 cm³/mol. The van der Waals surface area contributed by atoms with Crippen molar-refractivity contribution in [2.24, 2.45) is 5.73 Å². The van der Waals surface area contributed by atoms with Crippen LogP contribution >= 0.6 is 27.7 Å². The Hall–Kier alpha value is -0.0200. The lowest BCUT2D eigenvalue weighted by molar-refractivity contribution is 0.175. The Morgan fingerprint density at radius 2 is 2.42 bits per heavy atom. The molecule has 0 aliphatic carbocycles. The van der Waals surface area contributed by atoms with Crippen LogP contribution in [0.3, 0.4) is 0 Å². The average Bonchev–Trinajstić information content (AvgIpc) is 2.76. The van der Waals surface area contributed by atoms with Crippen LogP contribution in [0.4, 0.5) is 0 Å². The van der Waals surface area contributed by atoms with Gasteiger partial charge in [-0.1, -0.05) is 0 Å². The number of thioether (sulfide) groups is 1. The minimum Gasteiger partial charge on any atom is -0.466 e. The number of nitrogens with zero attached hydrogens (tertiary/aromatic N) is 1. The molecule has 8 heteroatoms. The van der Waals surface area contributed by atoms with Crippen LogP contribution < -0.4 is 5.73 Å². The molecular formula is C11H17BrN2O3S2. The SMILES string of the molecule is CS(=O)(=O)C1CSCCN1C(CN)c1occc1Br. The van der Waals surface area contributed by atoms with Crippen LogP contribution in [0.15, 0.2) is 21.2 Å². The van der Waals surface area contributed by atoms with Crippen LogP contribution in [0, 0.1) is 0 Å². The summed E-state index contributed by atoms with van der Waals surface area (Å²) in [6.45, 7) is 1.01. The standard InChI is InChI=1S/C11H17BrN2O3S2/c1-19(15,16)10-7-18-5-3-14(10)9(6-13)11-8(12)2-4-17-11/h2,4,9-10H,3,5-7,13H2,1H3. The molecule has 2 unspecified atom stereocenters. The van der Waals surface area contributed by atoms with E-state index in [2.05, 4.69) is 15.9 Å². The van der Waals surface area contributed by atoms with Crippen molar-refractivity contribution in [2.75, 3.05) is 30.9 Å². The number of furan rings is 1. The van der Waals surface area contributed by atoms with E-state index in [1.807, 2.05) is 4.90 Å². The summed E-state index contributed by atoms with van der Waals surface area (Å²) in [4.78, 5) is 1.94. The first kappa shape index (κ1) is 15.4. The van der Waals surface area contributed by atoms with E-state index in [0.29, 0.717) is 24.6 Å². The molecule has 1 fully saturated rings. The van der Waals surface area contributed by atoms with Gasteiger partial charge in [-0.15, -0.1) is 0 Å². The summed E-state index contributed by atoms with van der Waals surface area (Å²) in [5, 5.41) is -0.503.